The molecule has 2 N–H and O–H groups in total. The van der Waals surface area contributed by atoms with E-state index in [1.807, 2.05) is 30.3 Å². The SMILES string of the molecule is CC(c1ccc(F)c(Br)c1)N(CCN)Cc1ccccc1. The highest BCUT2D eigenvalue weighted by atomic mass is 79.9. The molecule has 0 aliphatic heterocycles. The van der Waals surface area contributed by atoms with E-state index in [0.29, 0.717) is 11.0 Å². The molecule has 0 spiro atoms. The van der Waals surface area contributed by atoms with Gasteiger partial charge in [-0.2, -0.15) is 0 Å². The van der Waals surface area contributed by atoms with E-state index >= 15 is 0 Å². The topological polar surface area (TPSA) is 29.3 Å². The van der Waals surface area contributed by atoms with Gasteiger partial charge in [-0.05, 0) is 46.1 Å². The Morgan fingerprint density at radius 1 is 1.19 bits per heavy atom. The van der Waals surface area contributed by atoms with Crippen LogP contribution in [0.3, 0.4) is 0 Å². The van der Waals surface area contributed by atoms with Gasteiger partial charge in [0, 0.05) is 25.7 Å². The predicted octanol–water partition coefficient (Wildman–Crippen LogP) is 4.11. The first kappa shape index (κ1) is 16.1. The van der Waals surface area contributed by atoms with Crippen molar-refractivity contribution in [2.45, 2.75) is 19.5 Å². The molecule has 0 saturated heterocycles. The second-order valence-corrected chi connectivity index (χ2v) is 5.95. The molecule has 0 bridgehead atoms. The molecule has 112 valence electrons. The Morgan fingerprint density at radius 3 is 2.52 bits per heavy atom. The quantitative estimate of drug-likeness (QED) is 0.849. The summed E-state index contributed by atoms with van der Waals surface area (Å²) in [7, 11) is 0. The molecule has 0 aromatic heterocycles. The summed E-state index contributed by atoms with van der Waals surface area (Å²) in [5, 5.41) is 0. The molecule has 1 atom stereocenters. The van der Waals surface area contributed by atoms with E-state index in [-0.39, 0.29) is 11.9 Å². The standard InChI is InChI=1S/C17H20BrFN2/c1-13(15-7-8-17(19)16(18)11-15)21(10-9-20)12-14-5-3-2-4-6-14/h2-8,11,13H,9-10,12,20H2,1H3. The fourth-order valence-electron chi connectivity index (χ4n) is 2.38. The van der Waals surface area contributed by atoms with Gasteiger partial charge in [0.1, 0.15) is 5.82 Å². The van der Waals surface area contributed by atoms with Gasteiger partial charge in [0.05, 0.1) is 4.47 Å². The van der Waals surface area contributed by atoms with Crippen molar-refractivity contribution in [3.8, 4) is 0 Å². The van der Waals surface area contributed by atoms with Crippen molar-refractivity contribution < 1.29 is 4.39 Å². The van der Waals surface area contributed by atoms with Crippen LogP contribution in [0, 0.1) is 5.82 Å². The van der Waals surface area contributed by atoms with Crippen LogP contribution in [0.15, 0.2) is 53.0 Å². The minimum absolute atomic E-state index is 0.172. The number of nitrogens with two attached hydrogens (primary N) is 1. The minimum Gasteiger partial charge on any atom is -0.329 e. The zero-order valence-electron chi connectivity index (χ0n) is 12.1. The van der Waals surface area contributed by atoms with Gasteiger partial charge in [0.25, 0.3) is 0 Å². The van der Waals surface area contributed by atoms with Crippen LogP contribution in [-0.2, 0) is 6.54 Å². The summed E-state index contributed by atoms with van der Waals surface area (Å²) in [4.78, 5) is 2.30. The normalized spacial score (nSPS) is 12.6. The van der Waals surface area contributed by atoms with Crippen LogP contribution in [0.5, 0.6) is 0 Å². The highest BCUT2D eigenvalue weighted by Crippen LogP contribution is 2.26. The Hall–Kier alpha value is -1.23. The summed E-state index contributed by atoms with van der Waals surface area (Å²) in [6, 6.07) is 15.6. The van der Waals surface area contributed by atoms with Crippen LogP contribution < -0.4 is 5.73 Å². The first-order chi connectivity index (χ1) is 10.1. The lowest BCUT2D eigenvalue weighted by atomic mass is 10.1. The average molecular weight is 351 g/mol. The molecule has 2 aromatic carbocycles. The summed E-state index contributed by atoms with van der Waals surface area (Å²) >= 11 is 3.25. The monoisotopic (exact) mass is 350 g/mol. The first-order valence-corrected chi connectivity index (χ1v) is 7.84. The molecule has 21 heavy (non-hydrogen) atoms. The molecular formula is C17H20BrFN2. The van der Waals surface area contributed by atoms with E-state index < -0.39 is 0 Å². The maximum Gasteiger partial charge on any atom is 0.137 e. The van der Waals surface area contributed by atoms with Gasteiger partial charge in [0.2, 0.25) is 0 Å². The fourth-order valence-corrected chi connectivity index (χ4v) is 2.77. The molecule has 4 heteroatoms. The summed E-state index contributed by atoms with van der Waals surface area (Å²) in [5.74, 6) is -0.237. The van der Waals surface area contributed by atoms with Crippen molar-refractivity contribution >= 4 is 15.9 Å². The van der Waals surface area contributed by atoms with Gasteiger partial charge in [0.15, 0.2) is 0 Å². The van der Waals surface area contributed by atoms with Crippen molar-refractivity contribution in [1.82, 2.24) is 4.90 Å². The lowest BCUT2D eigenvalue weighted by Crippen LogP contribution is -2.31. The number of rotatable bonds is 6. The summed E-state index contributed by atoms with van der Waals surface area (Å²) in [6.07, 6.45) is 0. The van der Waals surface area contributed by atoms with Crippen molar-refractivity contribution in [1.29, 1.82) is 0 Å². The third kappa shape index (κ3) is 4.37. The van der Waals surface area contributed by atoms with E-state index in [0.717, 1.165) is 18.7 Å². The van der Waals surface area contributed by atoms with Gasteiger partial charge >= 0.3 is 0 Å². The zero-order valence-corrected chi connectivity index (χ0v) is 13.7. The summed E-state index contributed by atoms with van der Waals surface area (Å²) in [5.41, 5.74) is 8.07. The van der Waals surface area contributed by atoms with Gasteiger partial charge in [-0.1, -0.05) is 36.4 Å². The number of halogens is 2. The van der Waals surface area contributed by atoms with E-state index in [9.17, 15) is 4.39 Å². The molecule has 0 aliphatic carbocycles. The third-order valence-corrected chi connectivity index (χ3v) is 4.23. The molecule has 1 unspecified atom stereocenters. The van der Waals surface area contributed by atoms with Crippen molar-refractivity contribution in [3.63, 3.8) is 0 Å². The molecule has 2 aromatic rings. The lowest BCUT2D eigenvalue weighted by molar-refractivity contribution is 0.207. The molecular weight excluding hydrogens is 331 g/mol. The summed E-state index contributed by atoms with van der Waals surface area (Å²) < 4.78 is 13.9. The van der Waals surface area contributed by atoms with E-state index in [2.05, 4.69) is 39.9 Å². The van der Waals surface area contributed by atoms with Gasteiger partial charge < -0.3 is 5.73 Å². The fraction of sp³-hybridized carbons (Fsp3) is 0.294. The Kier molecular flexibility index (Phi) is 5.91. The van der Waals surface area contributed by atoms with Crippen LogP contribution in [0.4, 0.5) is 4.39 Å². The Bertz CT molecular complexity index is 574. The van der Waals surface area contributed by atoms with Gasteiger partial charge in [-0.15, -0.1) is 0 Å². The van der Waals surface area contributed by atoms with Crippen molar-refractivity contribution in [2.75, 3.05) is 13.1 Å². The predicted molar refractivity (Wildman–Crippen MR) is 88.4 cm³/mol. The molecule has 0 amide bonds. The molecule has 0 saturated carbocycles. The smallest absolute Gasteiger partial charge is 0.137 e. The van der Waals surface area contributed by atoms with E-state index in [1.54, 1.807) is 0 Å². The van der Waals surface area contributed by atoms with Crippen LogP contribution in [0.25, 0.3) is 0 Å². The van der Waals surface area contributed by atoms with Crippen LogP contribution in [-0.4, -0.2) is 18.0 Å². The lowest BCUT2D eigenvalue weighted by Gasteiger charge is -2.29. The van der Waals surface area contributed by atoms with E-state index in [1.165, 1.54) is 11.6 Å². The van der Waals surface area contributed by atoms with E-state index in [4.69, 9.17) is 5.73 Å². The van der Waals surface area contributed by atoms with Gasteiger partial charge in [-0.3, -0.25) is 4.90 Å². The maximum atomic E-state index is 13.4. The molecule has 0 radical (unpaired) electrons. The molecule has 2 nitrogen and oxygen atoms in total. The summed E-state index contributed by atoms with van der Waals surface area (Å²) in [6.45, 7) is 4.34. The Morgan fingerprint density at radius 2 is 1.90 bits per heavy atom. The highest BCUT2D eigenvalue weighted by molar-refractivity contribution is 9.10. The zero-order chi connectivity index (χ0) is 15.2. The van der Waals surface area contributed by atoms with Crippen LogP contribution >= 0.6 is 15.9 Å². The van der Waals surface area contributed by atoms with Crippen LogP contribution in [0.1, 0.15) is 24.1 Å². The van der Waals surface area contributed by atoms with Crippen molar-refractivity contribution in [2.24, 2.45) is 5.73 Å². The largest absolute Gasteiger partial charge is 0.329 e. The number of benzene rings is 2. The molecule has 0 fully saturated rings. The minimum atomic E-state index is -0.237. The molecule has 0 aliphatic rings. The Balaban J connectivity index is 2.18. The van der Waals surface area contributed by atoms with Crippen LogP contribution in [0.2, 0.25) is 0 Å². The third-order valence-electron chi connectivity index (χ3n) is 3.62. The number of hydrogen-bond acceptors (Lipinski definition) is 2. The second-order valence-electron chi connectivity index (χ2n) is 5.09. The maximum absolute atomic E-state index is 13.4. The highest BCUT2D eigenvalue weighted by Gasteiger charge is 2.16. The molecule has 2 rings (SSSR count). The second kappa shape index (κ2) is 7.69. The first-order valence-electron chi connectivity index (χ1n) is 7.05. The number of hydrogen-bond donors (Lipinski definition) is 1. The Labute approximate surface area is 133 Å². The van der Waals surface area contributed by atoms with Crippen molar-refractivity contribution in [3.05, 3.63) is 69.9 Å². The van der Waals surface area contributed by atoms with Gasteiger partial charge in [-0.25, -0.2) is 4.39 Å². The number of nitrogens with zero attached hydrogens (tertiary/aromatic N) is 1. The average Bonchev–Trinajstić information content (AvgIpc) is 2.50. The molecule has 0 heterocycles.